The maximum Gasteiger partial charge on any atom is 0.119 e. The minimum Gasteiger partial charge on any atom is -0.494 e. The van der Waals surface area contributed by atoms with Crippen LogP contribution in [0.2, 0.25) is 0 Å². The summed E-state index contributed by atoms with van der Waals surface area (Å²) in [7, 11) is 2.00. The first-order valence-corrected chi connectivity index (χ1v) is 6.74. The van der Waals surface area contributed by atoms with Crippen LogP contribution in [0.5, 0.6) is 5.75 Å². The molecule has 0 aliphatic heterocycles. The van der Waals surface area contributed by atoms with Crippen molar-refractivity contribution in [3.63, 3.8) is 0 Å². The second-order valence-corrected chi connectivity index (χ2v) is 4.34. The molecule has 0 aliphatic carbocycles. The fourth-order valence-corrected chi connectivity index (χ4v) is 1.55. The SMILES string of the molecule is CCCC/C=N\N(C)CCCOc1ccccc1. The zero-order valence-corrected chi connectivity index (χ0v) is 11.5. The van der Waals surface area contributed by atoms with E-state index in [1.54, 1.807) is 0 Å². The zero-order chi connectivity index (χ0) is 13.1. The van der Waals surface area contributed by atoms with Crippen LogP contribution >= 0.6 is 0 Å². The highest BCUT2D eigenvalue weighted by atomic mass is 16.5. The van der Waals surface area contributed by atoms with E-state index in [1.807, 2.05) is 48.6 Å². The van der Waals surface area contributed by atoms with Crippen LogP contribution in [0, 0.1) is 0 Å². The number of nitrogens with zero attached hydrogens (tertiary/aromatic N) is 2. The summed E-state index contributed by atoms with van der Waals surface area (Å²) in [6, 6.07) is 9.92. The van der Waals surface area contributed by atoms with Crippen molar-refractivity contribution in [2.45, 2.75) is 32.6 Å². The van der Waals surface area contributed by atoms with Gasteiger partial charge >= 0.3 is 0 Å². The van der Waals surface area contributed by atoms with E-state index < -0.39 is 0 Å². The molecule has 0 saturated carbocycles. The van der Waals surface area contributed by atoms with E-state index in [9.17, 15) is 0 Å². The highest BCUT2D eigenvalue weighted by Crippen LogP contribution is 2.08. The maximum absolute atomic E-state index is 5.62. The summed E-state index contributed by atoms with van der Waals surface area (Å²) in [5.41, 5.74) is 0. The molecule has 0 N–H and O–H groups in total. The van der Waals surface area contributed by atoms with Crippen molar-refractivity contribution >= 4 is 6.21 Å². The van der Waals surface area contributed by atoms with Gasteiger partial charge in [-0.25, -0.2) is 0 Å². The third-order valence-electron chi connectivity index (χ3n) is 2.60. The van der Waals surface area contributed by atoms with E-state index in [1.165, 1.54) is 12.8 Å². The van der Waals surface area contributed by atoms with Gasteiger partial charge in [-0.3, -0.25) is 0 Å². The number of ether oxygens (including phenoxy) is 1. The number of hydrogen-bond donors (Lipinski definition) is 0. The second kappa shape index (κ2) is 9.51. The van der Waals surface area contributed by atoms with Gasteiger partial charge in [0, 0.05) is 26.2 Å². The summed E-state index contributed by atoms with van der Waals surface area (Å²) in [4.78, 5) is 0. The van der Waals surface area contributed by atoms with Crippen LogP contribution in [0.4, 0.5) is 0 Å². The molecule has 0 unspecified atom stereocenters. The molecule has 0 aliphatic rings. The summed E-state index contributed by atoms with van der Waals surface area (Å²) >= 11 is 0. The Kier molecular flexibility index (Phi) is 7.69. The molecule has 3 nitrogen and oxygen atoms in total. The number of rotatable bonds is 9. The number of benzene rings is 1. The third kappa shape index (κ3) is 6.94. The van der Waals surface area contributed by atoms with Crippen molar-refractivity contribution in [2.75, 3.05) is 20.2 Å². The van der Waals surface area contributed by atoms with Gasteiger partial charge in [0.25, 0.3) is 0 Å². The minimum absolute atomic E-state index is 0.735. The zero-order valence-electron chi connectivity index (χ0n) is 11.5. The Hall–Kier alpha value is -1.51. The molecule has 1 rings (SSSR count). The molecule has 0 amide bonds. The van der Waals surface area contributed by atoms with E-state index >= 15 is 0 Å². The van der Waals surface area contributed by atoms with Crippen LogP contribution in [0.25, 0.3) is 0 Å². The van der Waals surface area contributed by atoms with E-state index in [0.717, 1.165) is 31.7 Å². The molecule has 0 fully saturated rings. The first-order valence-electron chi connectivity index (χ1n) is 6.74. The van der Waals surface area contributed by atoms with Gasteiger partial charge in [0.05, 0.1) is 6.61 Å². The van der Waals surface area contributed by atoms with Gasteiger partial charge in [0.15, 0.2) is 0 Å². The molecule has 0 radical (unpaired) electrons. The maximum atomic E-state index is 5.62. The van der Waals surface area contributed by atoms with Crippen molar-refractivity contribution in [2.24, 2.45) is 5.10 Å². The van der Waals surface area contributed by atoms with E-state index in [4.69, 9.17) is 4.74 Å². The Morgan fingerprint density at radius 3 is 2.72 bits per heavy atom. The molecule has 18 heavy (non-hydrogen) atoms. The average Bonchev–Trinajstić information content (AvgIpc) is 2.41. The molecule has 100 valence electrons. The Bertz CT molecular complexity index is 325. The van der Waals surface area contributed by atoms with Gasteiger partial charge < -0.3 is 9.75 Å². The van der Waals surface area contributed by atoms with Gasteiger partial charge in [-0.05, 0) is 25.0 Å². The number of hydrazone groups is 1. The summed E-state index contributed by atoms with van der Waals surface area (Å²) in [5.74, 6) is 0.937. The molecular weight excluding hydrogens is 224 g/mol. The third-order valence-corrected chi connectivity index (χ3v) is 2.60. The predicted molar refractivity (Wildman–Crippen MR) is 77.2 cm³/mol. The predicted octanol–water partition coefficient (Wildman–Crippen LogP) is 3.56. The first kappa shape index (κ1) is 14.6. The van der Waals surface area contributed by atoms with Crippen LogP contribution in [0.15, 0.2) is 35.4 Å². The summed E-state index contributed by atoms with van der Waals surface area (Å²) < 4.78 is 5.62. The van der Waals surface area contributed by atoms with Crippen molar-refractivity contribution in [1.82, 2.24) is 5.01 Å². The van der Waals surface area contributed by atoms with Gasteiger partial charge in [0.1, 0.15) is 5.75 Å². The van der Waals surface area contributed by atoms with Crippen LogP contribution in [-0.2, 0) is 0 Å². The van der Waals surface area contributed by atoms with E-state index in [-0.39, 0.29) is 0 Å². The van der Waals surface area contributed by atoms with Crippen molar-refractivity contribution in [3.8, 4) is 5.75 Å². The Morgan fingerprint density at radius 1 is 1.22 bits per heavy atom. The lowest BCUT2D eigenvalue weighted by molar-refractivity contribution is 0.268. The molecule has 1 aromatic rings. The molecule has 0 bridgehead atoms. The second-order valence-electron chi connectivity index (χ2n) is 4.34. The standard InChI is InChI=1S/C15H24N2O/c1-3-4-8-12-16-17(2)13-9-14-18-15-10-6-5-7-11-15/h5-7,10-12H,3-4,8-9,13-14H2,1-2H3/b16-12-. The number of para-hydroxylation sites is 1. The van der Waals surface area contributed by atoms with Crippen molar-refractivity contribution in [3.05, 3.63) is 30.3 Å². The summed E-state index contributed by atoms with van der Waals surface area (Å²) in [6.45, 7) is 3.85. The first-order chi connectivity index (χ1) is 8.83. The number of hydrogen-bond acceptors (Lipinski definition) is 3. The van der Waals surface area contributed by atoms with E-state index in [2.05, 4.69) is 12.0 Å². The normalized spacial score (nSPS) is 10.8. The minimum atomic E-state index is 0.735. The molecule has 0 aromatic heterocycles. The summed E-state index contributed by atoms with van der Waals surface area (Å²) in [5, 5.41) is 6.34. The summed E-state index contributed by atoms with van der Waals surface area (Å²) in [6.07, 6.45) is 6.49. The van der Waals surface area contributed by atoms with Crippen LogP contribution in [-0.4, -0.2) is 31.4 Å². The molecule has 0 heterocycles. The van der Waals surface area contributed by atoms with Gasteiger partial charge in [-0.2, -0.15) is 5.10 Å². The molecule has 0 spiro atoms. The monoisotopic (exact) mass is 248 g/mol. The van der Waals surface area contributed by atoms with E-state index in [0.29, 0.717) is 0 Å². The smallest absolute Gasteiger partial charge is 0.119 e. The highest BCUT2D eigenvalue weighted by molar-refractivity contribution is 5.56. The molecule has 0 saturated heterocycles. The van der Waals surface area contributed by atoms with Crippen molar-refractivity contribution < 1.29 is 4.74 Å². The largest absolute Gasteiger partial charge is 0.494 e. The lowest BCUT2D eigenvalue weighted by Crippen LogP contribution is -2.15. The Morgan fingerprint density at radius 2 is 2.00 bits per heavy atom. The number of unbranched alkanes of at least 4 members (excludes halogenated alkanes) is 2. The molecule has 3 heteroatoms. The Labute approximate surface area is 110 Å². The van der Waals surface area contributed by atoms with Crippen LogP contribution < -0.4 is 4.74 Å². The lowest BCUT2D eigenvalue weighted by Gasteiger charge is -2.12. The highest BCUT2D eigenvalue weighted by Gasteiger charge is 1.94. The molecule has 0 atom stereocenters. The van der Waals surface area contributed by atoms with Gasteiger partial charge in [-0.15, -0.1) is 0 Å². The fraction of sp³-hybridized carbons (Fsp3) is 0.533. The van der Waals surface area contributed by atoms with Crippen molar-refractivity contribution in [1.29, 1.82) is 0 Å². The lowest BCUT2D eigenvalue weighted by atomic mass is 10.3. The quantitative estimate of drug-likeness (QED) is 0.379. The fourth-order valence-electron chi connectivity index (χ4n) is 1.55. The molecule has 1 aromatic carbocycles. The van der Waals surface area contributed by atoms with Gasteiger partial charge in [0.2, 0.25) is 0 Å². The van der Waals surface area contributed by atoms with Crippen LogP contribution in [0.1, 0.15) is 32.6 Å². The topological polar surface area (TPSA) is 24.8 Å². The Balaban J connectivity index is 2.05. The average molecular weight is 248 g/mol. The van der Waals surface area contributed by atoms with Crippen LogP contribution in [0.3, 0.4) is 0 Å². The molecular formula is C15H24N2O. The van der Waals surface area contributed by atoms with Gasteiger partial charge in [-0.1, -0.05) is 31.5 Å².